The van der Waals surface area contributed by atoms with Crippen molar-refractivity contribution in [1.82, 2.24) is 0 Å². The van der Waals surface area contributed by atoms with Crippen molar-refractivity contribution < 1.29 is 18.3 Å². The fourth-order valence-corrected chi connectivity index (χ4v) is 1.64. The van der Waals surface area contributed by atoms with Gasteiger partial charge in [-0.3, -0.25) is 0 Å². The molecule has 0 spiro atoms. The maximum atomic E-state index is 13.7. The average Bonchev–Trinajstić information content (AvgIpc) is 2.38. The molecule has 0 saturated heterocycles. The fraction of sp³-hybridized carbons (Fsp3) is 0.143. The van der Waals surface area contributed by atoms with E-state index in [4.69, 9.17) is 9.47 Å². The van der Waals surface area contributed by atoms with Gasteiger partial charge in [-0.1, -0.05) is 6.07 Å². The van der Waals surface area contributed by atoms with Crippen LogP contribution in [0.25, 0.3) is 11.1 Å². The standard InChI is InChI=1S/C14H11F2O2/c1-17-10-6-9(7-11(8-10)18-2)14-12(15)4-3-5-13(14)16/h3-6,8H,1-2H3. The van der Waals surface area contributed by atoms with Gasteiger partial charge >= 0.3 is 0 Å². The Kier molecular flexibility index (Phi) is 3.46. The van der Waals surface area contributed by atoms with Crippen molar-refractivity contribution in [3.8, 4) is 22.6 Å². The van der Waals surface area contributed by atoms with E-state index >= 15 is 0 Å². The number of rotatable bonds is 3. The summed E-state index contributed by atoms with van der Waals surface area (Å²) in [4.78, 5) is 0. The van der Waals surface area contributed by atoms with Gasteiger partial charge in [0.25, 0.3) is 0 Å². The van der Waals surface area contributed by atoms with E-state index in [2.05, 4.69) is 6.07 Å². The quantitative estimate of drug-likeness (QED) is 0.829. The minimum atomic E-state index is -0.651. The second-order valence-electron chi connectivity index (χ2n) is 3.60. The van der Waals surface area contributed by atoms with Crippen LogP contribution in [0.4, 0.5) is 8.78 Å². The molecule has 0 fully saturated rings. The van der Waals surface area contributed by atoms with Gasteiger partial charge in [-0.2, -0.15) is 0 Å². The van der Waals surface area contributed by atoms with E-state index < -0.39 is 11.6 Å². The predicted molar refractivity (Wildman–Crippen MR) is 63.7 cm³/mol. The van der Waals surface area contributed by atoms with Gasteiger partial charge in [0.2, 0.25) is 0 Å². The van der Waals surface area contributed by atoms with Crippen LogP contribution in [0.15, 0.2) is 30.3 Å². The molecule has 2 rings (SSSR count). The highest BCUT2D eigenvalue weighted by molar-refractivity contribution is 5.67. The van der Waals surface area contributed by atoms with Gasteiger partial charge in [0, 0.05) is 17.7 Å². The van der Waals surface area contributed by atoms with Crippen LogP contribution in [-0.2, 0) is 0 Å². The van der Waals surface area contributed by atoms with Crippen molar-refractivity contribution >= 4 is 0 Å². The summed E-state index contributed by atoms with van der Waals surface area (Å²) in [6, 6.07) is 9.57. The minimum Gasteiger partial charge on any atom is -0.497 e. The molecule has 0 atom stereocenters. The summed E-state index contributed by atoms with van der Waals surface area (Å²) in [5, 5.41) is 0. The summed E-state index contributed by atoms with van der Waals surface area (Å²) in [7, 11) is 2.92. The van der Waals surface area contributed by atoms with Crippen molar-refractivity contribution in [2.75, 3.05) is 14.2 Å². The van der Waals surface area contributed by atoms with Crippen LogP contribution in [0.3, 0.4) is 0 Å². The van der Waals surface area contributed by atoms with Crippen molar-refractivity contribution in [2.24, 2.45) is 0 Å². The lowest BCUT2D eigenvalue weighted by atomic mass is 10.0. The molecule has 0 amide bonds. The van der Waals surface area contributed by atoms with E-state index in [1.165, 1.54) is 38.5 Å². The Bertz CT molecular complexity index is 525. The molecule has 0 heterocycles. The van der Waals surface area contributed by atoms with Gasteiger partial charge in [0.15, 0.2) is 0 Å². The molecule has 0 saturated carbocycles. The smallest absolute Gasteiger partial charge is 0.134 e. The van der Waals surface area contributed by atoms with Gasteiger partial charge in [0.1, 0.15) is 23.1 Å². The molecular formula is C14H11F2O2. The van der Waals surface area contributed by atoms with E-state index in [0.29, 0.717) is 11.5 Å². The summed E-state index contributed by atoms with van der Waals surface area (Å²) in [6.45, 7) is 0. The Morgan fingerprint density at radius 1 is 1.00 bits per heavy atom. The number of hydrogen-bond donors (Lipinski definition) is 0. The molecule has 2 aromatic rings. The Hall–Kier alpha value is -2.10. The van der Waals surface area contributed by atoms with Crippen LogP contribution in [0, 0.1) is 17.7 Å². The monoisotopic (exact) mass is 249 g/mol. The van der Waals surface area contributed by atoms with Gasteiger partial charge in [-0.15, -0.1) is 0 Å². The first-order chi connectivity index (χ1) is 8.65. The largest absolute Gasteiger partial charge is 0.497 e. The molecule has 18 heavy (non-hydrogen) atoms. The Labute approximate surface area is 104 Å². The van der Waals surface area contributed by atoms with Crippen molar-refractivity contribution in [3.63, 3.8) is 0 Å². The molecule has 0 aliphatic carbocycles. The maximum Gasteiger partial charge on any atom is 0.134 e. The number of halogens is 2. The molecule has 4 heteroatoms. The van der Waals surface area contributed by atoms with Crippen LogP contribution in [-0.4, -0.2) is 14.2 Å². The summed E-state index contributed by atoms with van der Waals surface area (Å²) in [5.74, 6) is -0.502. The molecule has 0 bridgehead atoms. The first-order valence-corrected chi connectivity index (χ1v) is 5.25. The van der Waals surface area contributed by atoms with Crippen LogP contribution in [0.2, 0.25) is 0 Å². The van der Waals surface area contributed by atoms with Gasteiger partial charge < -0.3 is 9.47 Å². The second kappa shape index (κ2) is 5.04. The maximum absolute atomic E-state index is 13.7. The first kappa shape index (κ1) is 12.4. The molecule has 0 unspecified atom stereocenters. The fourth-order valence-electron chi connectivity index (χ4n) is 1.64. The van der Waals surface area contributed by atoms with Gasteiger partial charge in [-0.25, -0.2) is 8.78 Å². The highest BCUT2D eigenvalue weighted by atomic mass is 19.1. The number of benzene rings is 2. The zero-order valence-electron chi connectivity index (χ0n) is 9.96. The molecule has 0 aliphatic rings. The molecule has 1 radical (unpaired) electrons. The molecule has 0 aromatic heterocycles. The van der Waals surface area contributed by atoms with Crippen molar-refractivity contribution in [2.45, 2.75) is 0 Å². The summed E-state index contributed by atoms with van der Waals surface area (Å²) in [5.41, 5.74) is 0.108. The van der Waals surface area contributed by atoms with Crippen LogP contribution in [0.1, 0.15) is 0 Å². The molecule has 2 nitrogen and oxygen atoms in total. The minimum absolute atomic E-state index is 0.144. The lowest BCUT2D eigenvalue weighted by Gasteiger charge is -2.09. The van der Waals surface area contributed by atoms with Gasteiger partial charge in [0.05, 0.1) is 19.8 Å². The Morgan fingerprint density at radius 3 is 2.22 bits per heavy atom. The van der Waals surface area contributed by atoms with E-state index in [-0.39, 0.29) is 11.1 Å². The van der Waals surface area contributed by atoms with Crippen LogP contribution in [0.5, 0.6) is 11.5 Å². The first-order valence-electron chi connectivity index (χ1n) is 5.25. The SMILES string of the molecule is COc1[c]c(-c2c(F)cccc2F)cc(OC)c1. The Morgan fingerprint density at radius 2 is 1.67 bits per heavy atom. The average molecular weight is 249 g/mol. The van der Waals surface area contributed by atoms with E-state index in [1.807, 2.05) is 0 Å². The third-order valence-corrected chi connectivity index (χ3v) is 2.51. The highest BCUT2D eigenvalue weighted by Crippen LogP contribution is 2.32. The zero-order valence-corrected chi connectivity index (χ0v) is 9.96. The number of methoxy groups -OCH3 is 2. The predicted octanol–water partition coefficient (Wildman–Crippen LogP) is 3.45. The summed E-state index contributed by atoms with van der Waals surface area (Å²) in [6.07, 6.45) is 0. The van der Waals surface area contributed by atoms with Crippen molar-refractivity contribution in [1.29, 1.82) is 0 Å². The summed E-state index contributed by atoms with van der Waals surface area (Å²) < 4.78 is 37.4. The second-order valence-corrected chi connectivity index (χ2v) is 3.60. The zero-order chi connectivity index (χ0) is 13.1. The van der Waals surface area contributed by atoms with E-state index in [1.54, 1.807) is 6.07 Å². The normalized spacial score (nSPS) is 10.2. The van der Waals surface area contributed by atoms with Gasteiger partial charge in [-0.05, 0) is 18.2 Å². The van der Waals surface area contributed by atoms with Crippen molar-refractivity contribution in [3.05, 3.63) is 48.0 Å². The topological polar surface area (TPSA) is 18.5 Å². The lowest BCUT2D eigenvalue weighted by Crippen LogP contribution is -1.93. The third-order valence-electron chi connectivity index (χ3n) is 2.51. The third kappa shape index (κ3) is 2.27. The molecule has 2 aromatic carbocycles. The molecule has 0 aliphatic heterocycles. The van der Waals surface area contributed by atoms with E-state index in [0.717, 1.165) is 0 Å². The summed E-state index contributed by atoms with van der Waals surface area (Å²) >= 11 is 0. The molecule has 0 N–H and O–H groups in total. The lowest BCUT2D eigenvalue weighted by molar-refractivity contribution is 0.394. The van der Waals surface area contributed by atoms with Crippen LogP contribution < -0.4 is 9.47 Å². The van der Waals surface area contributed by atoms with Crippen LogP contribution >= 0.6 is 0 Å². The molecule has 93 valence electrons. The number of hydrogen-bond acceptors (Lipinski definition) is 2. The molecular weight excluding hydrogens is 238 g/mol. The highest BCUT2D eigenvalue weighted by Gasteiger charge is 2.13. The Balaban J connectivity index is 2.63. The van der Waals surface area contributed by atoms with E-state index in [9.17, 15) is 8.78 Å². The number of ether oxygens (including phenoxy) is 2.